The molecule has 0 radical (unpaired) electrons. The number of rotatable bonds is 4. The number of aromatic nitrogens is 2. The number of aryl methyl sites for hydroxylation is 1. The second-order valence-corrected chi connectivity index (χ2v) is 5.63. The number of hydrogen-bond donors (Lipinski definition) is 1. The van der Waals surface area contributed by atoms with Gasteiger partial charge < -0.3 is 10.1 Å². The lowest BCUT2D eigenvalue weighted by Gasteiger charge is -2.19. The van der Waals surface area contributed by atoms with E-state index < -0.39 is 11.6 Å². The molecule has 0 spiro atoms. The standard InChI is InChI=1S/C14H15F2N3OS/c1-2-12-18-14(21-19-12)17-11-5-6-20-13(11)8-3-4-9(15)10(16)7-8/h3-4,7,11,13H,2,5-6H2,1H3,(H,17,18,19). The highest BCUT2D eigenvalue weighted by Crippen LogP contribution is 2.32. The van der Waals surface area contributed by atoms with Gasteiger partial charge in [0.15, 0.2) is 11.6 Å². The molecule has 1 aliphatic rings. The Labute approximate surface area is 125 Å². The SMILES string of the molecule is CCc1nsc(NC2CCOC2c2ccc(F)c(F)c2)n1. The zero-order chi connectivity index (χ0) is 14.8. The summed E-state index contributed by atoms with van der Waals surface area (Å²) in [5.74, 6) is -0.908. The Kier molecular flexibility index (Phi) is 4.12. The number of benzene rings is 1. The first-order valence-corrected chi connectivity index (χ1v) is 7.60. The highest BCUT2D eigenvalue weighted by molar-refractivity contribution is 7.09. The lowest BCUT2D eigenvalue weighted by molar-refractivity contribution is 0.107. The van der Waals surface area contributed by atoms with Crippen molar-refractivity contribution < 1.29 is 13.5 Å². The van der Waals surface area contributed by atoms with E-state index in [-0.39, 0.29) is 12.1 Å². The van der Waals surface area contributed by atoms with E-state index in [0.717, 1.165) is 29.9 Å². The van der Waals surface area contributed by atoms with Crippen LogP contribution < -0.4 is 5.32 Å². The van der Waals surface area contributed by atoms with Crippen molar-refractivity contribution in [3.63, 3.8) is 0 Å². The van der Waals surface area contributed by atoms with Crippen molar-refractivity contribution in [3.8, 4) is 0 Å². The lowest BCUT2D eigenvalue weighted by Crippen LogP contribution is -2.23. The van der Waals surface area contributed by atoms with Crippen molar-refractivity contribution in [2.24, 2.45) is 0 Å². The van der Waals surface area contributed by atoms with E-state index in [1.165, 1.54) is 17.6 Å². The fourth-order valence-corrected chi connectivity index (χ4v) is 3.08. The molecular weight excluding hydrogens is 296 g/mol. The maximum atomic E-state index is 13.4. The molecule has 2 aromatic rings. The third-order valence-electron chi connectivity index (χ3n) is 3.46. The maximum Gasteiger partial charge on any atom is 0.202 e. The van der Waals surface area contributed by atoms with E-state index >= 15 is 0 Å². The zero-order valence-corrected chi connectivity index (χ0v) is 12.3. The molecule has 1 aromatic heterocycles. The fraction of sp³-hybridized carbons (Fsp3) is 0.429. The fourth-order valence-electron chi connectivity index (χ4n) is 2.37. The molecule has 2 atom stereocenters. The van der Waals surface area contributed by atoms with E-state index in [4.69, 9.17) is 4.74 Å². The van der Waals surface area contributed by atoms with Crippen LogP contribution in [0.15, 0.2) is 18.2 Å². The van der Waals surface area contributed by atoms with Gasteiger partial charge in [-0.3, -0.25) is 0 Å². The van der Waals surface area contributed by atoms with Crippen LogP contribution in [0.2, 0.25) is 0 Å². The van der Waals surface area contributed by atoms with Crippen molar-refractivity contribution in [3.05, 3.63) is 41.2 Å². The van der Waals surface area contributed by atoms with Gasteiger partial charge in [0.05, 0.1) is 6.04 Å². The molecule has 112 valence electrons. The molecule has 7 heteroatoms. The van der Waals surface area contributed by atoms with Crippen LogP contribution in [0, 0.1) is 11.6 Å². The Morgan fingerprint density at radius 3 is 2.95 bits per heavy atom. The van der Waals surface area contributed by atoms with Gasteiger partial charge in [0, 0.05) is 24.6 Å². The average molecular weight is 311 g/mol. The van der Waals surface area contributed by atoms with E-state index in [1.807, 2.05) is 6.92 Å². The van der Waals surface area contributed by atoms with E-state index in [9.17, 15) is 8.78 Å². The molecule has 1 saturated heterocycles. The summed E-state index contributed by atoms with van der Waals surface area (Å²) < 4.78 is 36.3. The van der Waals surface area contributed by atoms with Gasteiger partial charge in [0.25, 0.3) is 0 Å². The molecule has 1 fully saturated rings. The summed E-state index contributed by atoms with van der Waals surface area (Å²) in [5, 5.41) is 4.01. The van der Waals surface area contributed by atoms with Crippen LogP contribution in [0.4, 0.5) is 13.9 Å². The highest BCUT2D eigenvalue weighted by atomic mass is 32.1. The molecular formula is C14H15F2N3OS. The molecule has 0 saturated carbocycles. The third-order valence-corrected chi connectivity index (χ3v) is 4.14. The quantitative estimate of drug-likeness (QED) is 0.941. The first kappa shape index (κ1) is 14.3. The van der Waals surface area contributed by atoms with Crippen molar-refractivity contribution in [2.45, 2.75) is 31.9 Å². The summed E-state index contributed by atoms with van der Waals surface area (Å²) in [5.41, 5.74) is 0.629. The van der Waals surface area contributed by atoms with Crippen LogP contribution in [-0.2, 0) is 11.2 Å². The van der Waals surface area contributed by atoms with Gasteiger partial charge >= 0.3 is 0 Å². The largest absolute Gasteiger partial charge is 0.371 e. The Morgan fingerprint density at radius 1 is 1.38 bits per heavy atom. The number of nitrogens with one attached hydrogen (secondary N) is 1. The number of anilines is 1. The van der Waals surface area contributed by atoms with Crippen molar-refractivity contribution in [1.29, 1.82) is 0 Å². The Hall–Kier alpha value is -1.60. The predicted octanol–water partition coefficient (Wildman–Crippen LogP) is 3.32. The molecule has 4 nitrogen and oxygen atoms in total. The smallest absolute Gasteiger partial charge is 0.202 e. The molecule has 0 aliphatic carbocycles. The van der Waals surface area contributed by atoms with Gasteiger partial charge in [-0.2, -0.15) is 4.37 Å². The van der Waals surface area contributed by atoms with Crippen LogP contribution >= 0.6 is 11.5 Å². The topological polar surface area (TPSA) is 47.0 Å². The monoisotopic (exact) mass is 311 g/mol. The van der Waals surface area contributed by atoms with E-state index in [2.05, 4.69) is 14.7 Å². The number of halogens is 2. The molecule has 2 heterocycles. The molecule has 0 bridgehead atoms. The maximum absolute atomic E-state index is 13.4. The van der Waals surface area contributed by atoms with Gasteiger partial charge in [0.2, 0.25) is 5.13 Å². The summed E-state index contributed by atoms with van der Waals surface area (Å²) in [6.45, 7) is 2.56. The van der Waals surface area contributed by atoms with Crippen molar-refractivity contribution in [1.82, 2.24) is 9.36 Å². The van der Waals surface area contributed by atoms with Crippen LogP contribution in [-0.4, -0.2) is 22.0 Å². The Bertz CT molecular complexity index is 634. The van der Waals surface area contributed by atoms with Crippen LogP contribution in [0.3, 0.4) is 0 Å². The summed E-state index contributed by atoms with van der Waals surface area (Å²) >= 11 is 1.30. The minimum atomic E-state index is -0.856. The van der Waals surface area contributed by atoms with Crippen LogP contribution in [0.1, 0.15) is 30.8 Å². The second-order valence-electron chi connectivity index (χ2n) is 4.87. The molecule has 2 unspecified atom stereocenters. The van der Waals surface area contributed by atoms with Crippen molar-refractivity contribution in [2.75, 3.05) is 11.9 Å². The highest BCUT2D eigenvalue weighted by Gasteiger charge is 2.31. The van der Waals surface area contributed by atoms with Crippen LogP contribution in [0.25, 0.3) is 0 Å². The van der Waals surface area contributed by atoms with Gasteiger partial charge in [-0.25, -0.2) is 13.8 Å². The summed E-state index contributed by atoms with van der Waals surface area (Å²) in [6.07, 6.45) is 1.26. The van der Waals surface area contributed by atoms with Gasteiger partial charge in [-0.1, -0.05) is 13.0 Å². The second kappa shape index (κ2) is 6.03. The van der Waals surface area contributed by atoms with Gasteiger partial charge in [-0.15, -0.1) is 0 Å². The van der Waals surface area contributed by atoms with Gasteiger partial charge in [0.1, 0.15) is 11.9 Å². The summed E-state index contributed by atoms with van der Waals surface area (Å²) in [4.78, 5) is 4.36. The third kappa shape index (κ3) is 3.03. The van der Waals surface area contributed by atoms with Crippen molar-refractivity contribution >= 4 is 16.7 Å². The first-order chi connectivity index (χ1) is 10.2. The Balaban J connectivity index is 1.76. The molecule has 3 rings (SSSR count). The normalized spacial score (nSPS) is 21.7. The molecule has 1 aliphatic heterocycles. The predicted molar refractivity (Wildman–Crippen MR) is 76.4 cm³/mol. The number of hydrogen-bond acceptors (Lipinski definition) is 5. The van der Waals surface area contributed by atoms with Gasteiger partial charge in [-0.05, 0) is 24.1 Å². The zero-order valence-electron chi connectivity index (χ0n) is 11.5. The average Bonchev–Trinajstić information content (AvgIpc) is 3.11. The first-order valence-electron chi connectivity index (χ1n) is 6.83. The van der Waals surface area contributed by atoms with Crippen LogP contribution in [0.5, 0.6) is 0 Å². The number of nitrogens with zero attached hydrogens (tertiary/aromatic N) is 2. The van der Waals surface area contributed by atoms with E-state index in [0.29, 0.717) is 12.2 Å². The summed E-state index contributed by atoms with van der Waals surface area (Å²) in [7, 11) is 0. The number of ether oxygens (including phenoxy) is 1. The molecule has 1 N–H and O–H groups in total. The molecule has 21 heavy (non-hydrogen) atoms. The molecule has 1 aromatic carbocycles. The Morgan fingerprint density at radius 2 is 2.24 bits per heavy atom. The molecule has 0 amide bonds. The summed E-state index contributed by atoms with van der Waals surface area (Å²) in [6, 6.07) is 3.86. The lowest BCUT2D eigenvalue weighted by atomic mass is 10.0. The minimum Gasteiger partial charge on any atom is -0.371 e. The minimum absolute atomic E-state index is 0.0208. The van der Waals surface area contributed by atoms with E-state index in [1.54, 1.807) is 6.07 Å².